The number of methoxy groups -OCH3 is 1. The molecule has 0 aliphatic carbocycles. The lowest BCUT2D eigenvalue weighted by atomic mass is 10.0. The van der Waals surface area contributed by atoms with Crippen molar-refractivity contribution in [2.24, 2.45) is 0 Å². The van der Waals surface area contributed by atoms with Gasteiger partial charge in [0.15, 0.2) is 11.3 Å². The minimum absolute atomic E-state index is 0.0293. The first-order valence-electron chi connectivity index (χ1n) is 15.3. The van der Waals surface area contributed by atoms with E-state index in [1.165, 1.54) is 18.7 Å². The second-order valence-electron chi connectivity index (χ2n) is 12.1. The second kappa shape index (κ2) is 10.9. The highest BCUT2D eigenvalue weighted by molar-refractivity contribution is 6.35. The summed E-state index contributed by atoms with van der Waals surface area (Å²) >= 11 is 6.54. The number of nitrogens with zero attached hydrogens (tertiary/aromatic N) is 8. The minimum atomic E-state index is -0.388. The van der Waals surface area contributed by atoms with Crippen LogP contribution in [0.1, 0.15) is 38.4 Å². The van der Waals surface area contributed by atoms with Gasteiger partial charge in [-0.15, -0.1) is 0 Å². The predicted molar refractivity (Wildman–Crippen MR) is 184 cm³/mol. The van der Waals surface area contributed by atoms with Gasteiger partial charge < -0.3 is 26.2 Å². The number of H-pyrrole nitrogens is 2. The summed E-state index contributed by atoms with van der Waals surface area (Å²) < 4.78 is 24.7. The van der Waals surface area contributed by atoms with Crippen LogP contribution in [-0.4, -0.2) is 56.6 Å². The number of benzene rings is 2. The molecule has 0 spiro atoms. The van der Waals surface area contributed by atoms with Gasteiger partial charge in [-0.3, -0.25) is 0 Å². The van der Waals surface area contributed by atoms with Gasteiger partial charge in [0.05, 0.1) is 51.4 Å². The highest BCUT2D eigenvalue weighted by atomic mass is 35.5. The predicted octanol–water partition coefficient (Wildman–Crippen LogP) is 6.61. The average Bonchev–Trinajstić information content (AvgIpc) is 3.83. The van der Waals surface area contributed by atoms with Crippen LogP contribution in [0.5, 0.6) is 5.75 Å². The third kappa shape index (κ3) is 4.59. The molecule has 13 nitrogen and oxygen atoms in total. The molecule has 0 aliphatic heterocycles. The molecule has 1 atom stereocenters. The third-order valence-electron chi connectivity index (χ3n) is 8.61. The molecule has 1 unspecified atom stereocenters. The molecule has 2 aromatic carbocycles. The Balaban J connectivity index is 1.18. The SMILES string of the molecule is COc1cc(Cl)c2[nH]c(-c3nn(C(C)Cc4cc(F)c5[nH]c(-c6nn(C(C)C)c7ncnc(N)c67)cc5c4)c4ncnc(N)c34)cc2c1. The first-order chi connectivity index (χ1) is 23.1. The zero-order valence-electron chi connectivity index (χ0n) is 26.4. The lowest BCUT2D eigenvalue weighted by Crippen LogP contribution is -2.11. The quantitative estimate of drug-likeness (QED) is 0.146. The van der Waals surface area contributed by atoms with Gasteiger partial charge in [0.2, 0.25) is 0 Å². The van der Waals surface area contributed by atoms with Gasteiger partial charge in [-0.05, 0) is 63.1 Å². The zero-order chi connectivity index (χ0) is 33.4. The van der Waals surface area contributed by atoms with Crippen molar-refractivity contribution >= 4 is 67.1 Å². The van der Waals surface area contributed by atoms with Gasteiger partial charge in [0.1, 0.15) is 47.2 Å². The van der Waals surface area contributed by atoms with Gasteiger partial charge in [0, 0.05) is 22.9 Å². The van der Waals surface area contributed by atoms with Gasteiger partial charge in [-0.2, -0.15) is 10.2 Å². The molecular formula is C33H30ClFN12O. The summed E-state index contributed by atoms with van der Waals surface area (Å²) in [4.78, 5) is 23.9. The Morgan fingerprint density at radius 3 is 2.00 bits per heavy atom. The molecule has 0 saturated carbocycles. The number of hydrogen-bond acceptors (Lipinski definition) is 9. The number of nitrogens with one attached hydrogen (secondary N) is 2. The number of anilines is 2. The molecule has 15 heteroatoms. The Kier molecular flexibility index (Phi) is 6.73. The zero-order valence-corrected chi connectivity index (χ0v) is 27.1. The molecule has 48 heavy (non-hydrogen) atoms. The van der Waals surface area contributed by atoms with Crippen LogP contribution in [0.4, 0.5) is 16.0 Å². The van der Waals surface area contributed by atoms with Gasteiger partial charge in [0.25, 0.3) is 0 Å². The van der Waals surface area contributed by atoms with Crippen LogP contribution >= 0.6 is 11.6 Å². The van der Waals surface area contributed by atoms with Crippen LogP contribution < -0.4 is 16.2 Å². The number of nitrogens with two attached hydrogens (primary N) is 2. The summed E-state index contributed by atoms with van der Waals surface area (Å²) in [6.07, 6.45) is 3.28. The Bertz CT molecular complexity index is 2550. The summed E-state index contributed by atoms with van der Waals surface area (Å²) in [6.45, 7) is 6.01. The first kappa shape index (κ1) is 29.6. The molecule has 6 aromatic heterocycles. The van der Waals surface area contributed by atoms with Crippen molar-refractivity contribution < 1.29 is 9.13 Å². The van der Waals surface area contributed by atoms with Crippen molar-refractivity contribution in [2.75, 3.05) is 18.6 Å². The number of rotatable bonds is 7. The number of ether oxygens (including phenoxy) is 1. The van der Waals surface area contributed by atoms with Gasteiger partial charge >= 0.3 is 0 Å². The van der Waals surface area contributed by atoms with E-state index in [0.717, 1.165) is 16.5 Å². The van der Waals surface area contributed by atoms with E-state index in [9.17, 15) is 0 Å². The summed E-state index contributed by atoms with van der Waals surface area (Å²) in [5.74, 6) is 0.851. The molecule has 0 saturated heterocycles. The maximum Gasteiger partial charge on any atom is 0.164 e. The molecule has 0 bridgehead atoms. The number of aromatic nitrogens is 10. The minimum Gasteiger partial charge on any atom is -0.497 e. The highest BCUT2D eigenvalue weighted by Crippen LogP contribution is 2.38. The fourth-order valence-corrected chi connectivity index (χ4v) is 6.65. The van der Waals surface area contributed by atoms with E-state index in [-0.39, 0.29) is 17.9 Å². The monoisotopic (exact) mass is 664 g/mol. The topological polar surface area (TPSA) is 180 Å². The van der Waals surface area contributed by atoms with Crippen LogP contribution in [0.15, 0.2) is 49.1 Å². The lowest BCUT2D eigenvalue weighted by molar-refractivity contribution is 0.415. The average molecular weight is 665 g/mol. The van der Waals surface area contributed by atoms with Crippen LogP contribution in [0, 0.1) is 5.82 Å². The number of halogens is 2. The molecule has 0 fully saturated rings. The third-order valence-corrected chi connectivity index (χ3v) is 8.91. The fraction of sp³-hybridized carbons (Fsp3) is 0.212. The van der Waals surface area contributed by atoms with E-state index >= 15 is 4.39 Å². The van der Waals surface area contributed by atoms with E-state index in [1.54, 1.807) is 22.5 Å². The molecule has 6 N–H and O–H groups in total. The van der Waals surface area contributed by atoms with Crippen LogP contribution in [0.25, 0.3) is 66.6 Å². The van der Waals surface area contributed by atoms with E-state index in [2.05, 4.69) is 29.9 Å². The maximum atomic E-state index is 15.7. The standard InChI is InChI=1S/C33H30ClFN12O/c1-14(2)46-32-24(30(36)38-12-40-32)28(44-46)23-9-17-6-16(7-21(35)27(17)43-23)5-15(3)47-33-25(31(37)39-13-41-33)29(45-47)22-10-18-8-19(48-4)11-20(34)26(18)42-22/h6-15,42-43H,5H2,1-4H3,(H2,36,38,40)(H2,37,39,41). The number of hydrogen-bond donors (Lipinski definition) is 4. The fourth-order valence-electron chi connectivity index (χ4n) is 6.39. The van der Waals surface area contributed by atoms with Crippen LogP contribution in [0.3, 0.4) is 0 Å². The first-order valence-corrected chi connectivity index (χ1v) is 15.6. The smallest absolute Gasteiger partial charge is 0.164 e. The Morgan fingerprint density at radius 1 is 0.792 bits per heavy atom. The lowest BCUT2D eigenvalue weighted by Gasteiger charge is -2.13. The second-order valence-corrected chi connectivity index (χ2v) is 12.5. The number of nitrogen functional groups attached to an aromatic ring is 2. The molecular weight excluding hydrogens is 635 g/mol. The van der Waals surface area contributed by atoms with Crippen LogP contribution in [-0.2, 0) is 6.42 Å². The Labute approximate surface area is 277 Å². The van der Waals surface area contributed by atoms with Crippen LogP contribution in [0.2, 0.25) is 5.02 Å². The molecule has 0 radical (unpaired) electrons. The van der Waals surface area contributed by atoms with E-state index in [4.69, 9.17) is 38.0 Å². The molecule has 6 heterocycles. The Morgan fingerprint density at radius 2 is 1.38 bits per heavy atom. The molecule has 8 rings (SSSR count). The van der Waals surface area contributed by atoms with Crippen molar-refractivity contribution in [3.05, 3.63) is 65.5 Å². The van der Waals surface area contributed by atoms with Gasteiger partial charge in [-0.25, -0.2) is 33.7 Å². The number of aromatic amines is 2. The van der Waals surface area contributed by atoms with E-state index < -0.39 is 0 Å². The van der Waals surface area contributed by atoms with Crippen molar-refractivity contribution in [2.45, 2.75) is 39.3 Å². The maximum absolute atomic E-state index is 15.7. The summed E-state index contributed by atoms with van der Waals surface area (Å²) in [5, 5.41) is 13.0. The summed E-state index contributed by atoms with van der Waals surface area (Å²) in [7, 11) is 1.59. The van der Waals surface area contributed by atoms with E-state index in [0.29, 0.717) is 84.6 Å². The van der Waals surface area contributed by atoms with Crippen molar-refractivity contribution in [1.29, 1.82) is 0 Å². The van der Waals surface area contributed by atoms with E-state index in [1.807, 2.05) is 45.0 Å². The van der Waals surface area contributed by atoms with Crippen molar-refractivity contribution in [3.63, 3.8) is 0 Å². The largest absolute Gasteiger partial charge is 0.497 e. The summed E-state index contributed by atoms with van der Waals surface area (Å²) in [5.41, 5.74) is 18.2. The number of fused-ring (bicyclic) bond motifs is 4. The summed E-state index contributed by atoms with van der Waals surface area (Å²) in [6, 6.07) is 10.7. The molecule has 0 aliphatic rings. The van der Waals surface area contributed by atoms with Gasteiger partial charge in [-0.1, -0.05) is 11.6 Å². The molecule has 242 valence electrons. The Hall–Kier alpha value is -5.76. The normalized spacial score (nSPS) is 12.7. The highest BCUT2D eigenvalue weighted by Gasteiger charge is 2.24. The molecule has 0 amide bonds. The molecule has 8 aromatic rings. The van der Waals surface area contributed by atoms with Crippen molar-refractivity contribution in [3.8, 4) is 28.5 Å². The van der Waals surface area contributed by atoms with Crippen molar-refractivity contribution in [1.82, 2.24) is 49.5 Å².